The number of esters is 2. The third kappa shape index (κ3) is 8.77. The Morgan fingerprint density at radius 2 is 1.30 bits per heavy atom. The first-order valence-electron chi connectivity index (χ1n) is 8.49. The molecule has 0 aromatic rings. The van der Waals surface area contributed by atoms with E-state index in [2.05, 4.69) is 12.2 Å². The van der Waals surface area contributed by atoms with Crippen molar-refractivity contribution in [3.8, 4) is 0 Å². The summed E-state index contributed by atoms with van der Waals surface area (Å²) >= 11 is 0. The summed E-state index contributed by atoms with van der Waals surface area (Å²) < 4.78 is 9.59. The summed E-state index contributed by atoms with van der Waals surface area (Å²) in [6.45, 7) is 7.66. The van der Waals surface area contributed by atoms with Gasteiger partial charge in [-0.3, -0.25) is 9.59 Å². The van der Waals surface area contributed by atoms with Gasteiger partial charge in [0.2, 0.25) is 0 Å². The van der Waals surface area contributed by atoms with Crippen molar-refractivity contribution >= 4 is 11.9 Å². The van der Waals surface area contributed by atoms with E-state index in [-0.39, 0.29) is 17.4 Å². The highest BCUT2D eigenvalue weighted by Gasteiger charge is 2.28. The van der Waals surface area contributed by atoms with Crippen LogP contribution in [-0.4, -0.2) is 26.2 Å². The highest BCUT2D eigenvalue weighted by Crippen LogP contribution is 2.25. The van der Waals surface area contributed by atoms with Crippen molar-refractivity contribution in [2.45, 2.75) is 72.6 Å². The summed E-state index contributed by atoms with van der Waals surface area (Å²) in [6, 6.07) is 0. The van der Waals surface area contributed by atoms with E-state index in [1.54, 1.807) is 0 Å². The van der Waals surface area contributed by atoms with Crippen LogP contribution in [0.25, 0.3) is 0 Å². The van der Waals surface area contributed by atoms with Gasteiger partial charge in [-0.05, 0) is 53.4 Å². The van der Waals surface area contributed by atoms with Gasteiger partial charge in [0, 0.05) is 0 Å². The first-order valence-corrected chi connectivity index (χ1v) is 8.49. The van der Waals surface area contributed by atoms with Crippen LogP contribution in [0.3, 0.4) is 0 Å². The van der Waals surface area contributed by atoms with Crippen LogP contribution in [0.5, 0.6) is 0 Å². The molecule has 0 rings (SSSR count). The second-order valence-electron chi connectivity index (χ2n) is 7.38. The Morgan fingerprint density at radius 3 is 1.87 bits per heavy atom. The number of allylic oxidation sites excluding steroid dienone is 2. The van der Waals surface area contributed by atoms with Gasteiger partial charge in [-0.1, -0.05) is 31.4 Å². The number of carbonyl (C=O) groups excluding carboxylic acids is 2. The largest absolute Gasteiger partial charge is 0.469 e. The zero-order valence-corrected chi connectivity index (χ0v) is 15.7. The van der Waals surface area contributed by atoms with Gasteiger partial charge in [-0.15, -0.1) is 0 Å². The average molecular weight is 326 g/mol. The first-order chi connectivity index (χ1) is 10.7. The molecular formula is C19H34O4. The number of ether oxygens (including phenoxy) is 2. The van der Waals surface area contributed by atoms with Crippen molar-refractivity contribution < 1.29 is 19.1 Å². The fraction of sp³-hybridized carbons (Fsp3) is 0.789. The van der Waals surface area contributed by atoms with Gasteiger partial charge >= 0.3 is 11.9 Å². The molecule has 4 nitrogen and oxygen atoms in total. The molecule has 0 aromatic carbocycles. The Hall–Kier alpha value is -1.32. The van der Waals surface area contributed by atoms with Gasteiger partial charge in [0.15, 0.2) is 0 Å². The predicted octanol–water partition coefficient (Wildman–Crippen LogP) is 4.67. The highest BCUT2D eigenvalue weighted by molar-refractivity contribution is 5.76. The second kappa shape index (κ2) is 10.5. The van der Waals surface area contributed by atoms with Crippen molar-refractivity contribution in [2.75, 3.05) is 14.2 Å². The third-order valence-corrected chi connectivity index (χ3v) is 4.19. The lowest BCUT2D eigenvalue weighted by Crippen LogP contribution is -2.25. The Kier molecular flexibility index (Phi) is 9.85. The van der Waals surface area contributed by atoms with Gasteiger partial charge in [0.25, 0.3) is 0 Å². The van der Waals surface area contributed by atoms with Gasteiger partial charge in [0.05, 0.1) is 25.0 Å². The summed E-state index contributed by atoms with van der Waals surface area (Å²) in [4.78, 5) is 23.1. The van der Waals surface area contributed by atoms with Gasteiger partial charge in [-0.2, -0.15) is 0 Å². The lowest BCUT2D eigenvalue weighted by atomic mass is 9.87. The monoisotopic (exact) mass is 326 g/mol. The number of hydrogen-bond acceptors (Lipinski definition) is 4. The number of carbonyl (C=O) groups is 2. The van der Waals surface area contributed by atoms with E-state index >= 15 is 0 Å². The molecule has 134 valence electrons. The number of unbranched alkanes of at least 4 members (excludes halogenated alkanes) is 4. The molecule has 0 heterocycles. The Balaban J connectivity index is 3.77. The zero-order chi connectivity index (χ0) is 17.9. The molecule has 0 saturated heterocycles. The van der Waals surface area contributed by atoms with E-state index < -0.39 is 5.41 Å². The Labute approximate surface area is 141 Å². The Morgan fingerprint density at radius 1 is 0.783 bits per heavy atom. The molecule has 0 unspecified atom stereocenters. The van der Waals surface area contributed by atoms with Crippen LogP contribution in [0.2, 0.25) is 0 Å². The molecular weight excluding hydrogens is 292 g/mol. The molecule has 0 radical (unpaired) electrons. The molecule has 0 aliphatic rings. The topological polar surface area (TPSA) is 52.6 Å². The van der Waals surface area contributed by atoms with Crippen molar-refractivity contribution in [2.24, 2.45) is 10.8 Å². The first kappa shape index (κ1) is 21.7. The lowest BCUT2D eigenvalue weighted by Gasteiger charge is -2.20. The van der Waals surface area contributed by atoms with Crippen LogP contribution in [0, 0.1) is 10.8 Å². The normalized spacial score (nSPS) is 12.4. The quantitative estimate of drug-likeness (QED) is 0.314. The summed E-state index contributed by atoms with van der Waals surface area (Å²) in [5.41, 5.74) is -0.834. The number of methoxy groups -OCH3 is 2. The lowest BCUT2D eigenvalue weighted by molar-refractivity contribution is -0.151. The summed E-state index contributed by atoms with van der Waals surface area (Å²) in [5.74, 6) is -0.302. The summed E-state index contributed by atoms with van der Waals surface area (Å²) in [6.07, 6.45) is 11.3. The Bertz CT molecular complexity index is 394. The molecule has 0 aliphatic heterocycles. The van der Waals surface area contributed by atoms with E-state index in [1.165, 1.54) is 14.2 Å². The van der Waals surface area contributed by atoms with Crippen LogP contribution in [-0.2, 0) is 19.1 Å². The van der Waals surface area contributed by atoms with Gasteiger partial charge < -0.3 is 9.47 Å². The molecule has 0 aliphatic carbocycles. The number of hydrogen-bond donors (Lipinski definition) is 0. The molecule has 0 N–H and O–H groups in total. The highest BCUT2D eigenvalue weighted by atomic mass is 16.5. The van der Waals surface area contributed by atoms with Crippen molar-refractivity contribution in [1.82, 2.24) is 0 Å². The van der Waals surface area contributed by atoms with E-state index in [1.807, 2.05) is 27.7 Å². The SMILES string of the molecule is COC(=O)C(C)(C)C/C=C\CCCCCCC(C)(C)C(=O)OC. The minimum absolute atomic E-state index is 0.131. The van der Waals surface area contributed by atoms with E-state index in [9.17, 15) is 9.59 Å². The fourth-order valence-corrected chi connectivity index (χ4v) is 2.42. The maximum absolute atomic E-state index is 11.6. The summed E-state index contributed by atoms with van der Waals surface area (Å²) in [7, 11) is 2.87. The standard InChI is InChI=1S/C19H34O4/c1-18(2,16(20)22-5)14-12-10-8-7-9-11-13-15-19(3,4)17(21)23-6/h10,12H,7-9,11,13-15H2,1-6H3/b12-10-. The zero-order valence-electron chi connectivity index (χ0n) is 15.7. The van der Waals surface area contributed by atoms with E-state index in [0.29, 0.717) is 6.42 Å². The molecule has 0 bridgehead atoms. The fourth-order valence-electron chi connectivity index (χ4n) is 2.42. The third-order valence-electron chi connectivity index (χ3n) is 4.19. The number of rotatable bonds is 11. The average Bonchev–Trinajstić information content (AvgIpc) is 2.51. The molecule has 23 heavy (non-hydrogen) atoms. The maximum atomic E-state index is 11.6. The van der Waals surface area contributed by atoms with E-state index in [4.69, 9.17) is 9.47 Å². The van der Waals surface area contributed by atoms with Crippen molar-refractivity contribution in [3.63, 3.8) is 0 Å². The molecule has 0 amide bonds. The van der Waals surface area contributed by atoms with Crippen LogP contribution in [0.15, 0.2) is 12.2 Å². The smallest absolute Gasteiger partial charge is 0.311 e. The van der Waals surface area contributed by atoms with Crippen LogP contribution in [0.4, 0.5) is 0 Å². The van der Waals surface area contributed by atoms with E-state index in [0.717, 1.165) is 38.5 Å². The molecule has 0 spiro atoms. The maximum Gasteiger partial charge on any atom is 0.311 e. The molecule has 0 aromatic heterocycles. The molecule has 0 saturated carbocycles. The molecule has 4 heteroatoms. The van der Waals surface area contributed by atoms with Crippen molar-refractivity contribution in [3.05, 3.63) is 12.2 Å². The van der Waals surface area contributed by atoms with Crippen LogP contribution < -0.4 is 0 Å². The van der Waals surface area contributed by atoms with Crippen LogP contribution in [0.1, 0.15) is 72.6 Å². The van der Waals surface area contributed by atoms with Gasteiger partial charge in [0.1, 0.15) is 0 Å². The minimum atomic E-state index is -0.454. The van der Waals surface area contributed by atoms with Gasteiger partial charge in [-0.25, -0.2) is 0 Å². The molecule has 0 fully saturated rings. The second-order valence-corrected chi connectivity index (χ2v) is 7.38. The minimum Gasteiger partial charge on any atom is -0.469 e. The van der Waals surface area contributed by atoms with Crippen molar-refractivity contribution in [1.29, 1.82) is 0 Å². The van der Waals surface area contributed by atoms with Crippen LogP contribution >= 0.6 is 0 Å². The predicted molar refractivity (Wildman–Crippen MR) is 93.1 cm³/mol. The molecule has 0 atom stereocenters. The summed E-state index contributed by atoms with van der Waals surface area (Å²) in [5, 5.41) is 0.